The third-order valence-electron chi connectivity index (χ3n) is 4.89. The number of pyridine rings is 2. The summed E-state index contributed by atoms with van der Waals surface area (Å²) in [6.45, 7) is 2.11. The van der Waals surface area contributed by atoms with E-state index in [4.69, 9.17) is 10.7 Å². The maximum absolute atomic E-state index is 11.7. The van der Waals surface area contributed by atoms with Gasteiger partial charge in [-0.2, -0.15) is 0 Å². The molecular weight excluding hydrogens is 348 g/mol. The lowest BCUT2D eigenvalue weighted by Crippen LogP contribution is -2.15. The van der Waals surface area contributed by atoms with Crippen LogP contribution in [0.5, 0.6) is 0 Å². The highest BCUT2D eigenvalue weighted by atomic mass is 16.1. The van der Waals surface area contributed by atoms with Crippen molar-refractivity contribution in [1.29, 1.82) is 0 Å². The van der Waals surface area contributed by atoms with Crippen molar-refractivity contribution in [2.75, 3.05) is 11.9 Å². The largest absolute Gasteiger partial charge is 0.355 e. The second kappa shape index (κ2) is 7.74. The quantitative estimate of drug-likeness (QED) is 0.689. The molecule has 0 aliphatic heterocycles. The van der Waals surface area contributed by atoms with Crippen molar-refractivity contribution in [1.82, 2.24) is 9.97 Å². The molecule has 1 aliphatic rings. The number of allylic oxidation sites excluding steroid dienone is 1. The van der Waals surface area contributed by atoms with Gasteiger partial charge in [0, 0.05) is 47.7 Å². The number of aryl methyl sites for hydroxylation is 1. The number of benzene rings is 1. The molecule has 0 unspecified atom stereocenters. The fraction of sp³-hybridized carbons (Fsp3) is 0.174. The highest BCUT2D eigenvalue weighted by molar-refractivity contribution is 5.84. The van der Waals surface area contributed by atoms with E-state index in [0.29, 0.717) is 6.42 Å². The summed E-state index contributed by atoms with van der Waals surface area (Å²) in [5.41, 5.74) is 13.5. The Morgan fingerprint density at radius 2 is 2.11 bits per heavy atom. The van der Waals surface area contributed by atoms with Crippen molar-refractivity contribution in [3.63, 3.8) is 0 Å². The first-order valence-electron chi connectivity index (χ1n) is 9.33. The summed E-state index contributed by atoms with van der Waals surface area (Å²) in [7, 11) is 0. The summed E-state index contributed by atoms with van der Waals surface area (Å²) in [6.07, 6.45) is 8.98. The molecule has 1 aliphatic carbocycles. The van der Waals surface area contributed by atoms with Crippen LogP contribution in [0.2, 0.25) is 0 Å². The molecule has 3 N–H and O–H groups in total. The van der Waals surface area contributed by atoms with E-state index in [0.717, 1.165) is 51.4 Å². The van der Waals surface area contributed by atoms with Crippen LogP contribution >= 0.6 is 0 Å². The molecule has 0 saturated heterocycles. The number of anilines is 2. The van der Waals surface area contributed by atoms with Gasteiger partial charge >= 0.3 is 0 Å². The highest BCUT2D eigenvalue weighted by Crippen LogP contribution is 2.33. The molecule has 0 atom stereocenters. The molecule has 0 spiro atoms. The molecule has 140 valence electrons. The first-order chi connectivity index (χ1) is 13.6. The van der Waals surface area contributed by atoms with Crippen LogP contribution in [0.15, 0.2) is 54.9 Å². The Kier molecular flexibility index (Phi) is 5.00. The zero-order valence-electron chi connectivity index (χ0n) is 15.8. The molecule has 0 amide bonds. The number of ketones is 1. The Hall–Kier alpha value is -3.31. The first-order valence-corrected chi connectivity index (χ1v) is 9.33. The van der Waals surface area contributed by atoms with Gasteiger partial charge in [0.05, 0.1) is 17.9 Å². The lowest BCUT2D eigenvalue weighted by atomic mass is 10.0. The molecule has 2 aromatic heterocycles. The number of nitrogens with two attached hydrogens (primary N) is 1. The topological polar surface area (TPSA) is 80.9 Å². The molecule has 0 fully saturated rings. The standard InChI is InChI=1S/C23H22N4O/c1-15-7-8-16(10-18(28)13-24)11-21(15)27-23-12-22(17-4-3-9-25-14-17)26-20-6-2-5-19(20)23/h2-5,7-9,11-12,14H,6,10,13,24H2,1H3,(H,26,27). The van der Waals surface area contributed by atoms with Crippen molar-refractivity contribution >= 4 is 23.2 Å². The molecule has 2 heterocycles. The molecule has 0 saturated carbocycles. The molecule has 0 bridgehead atoms. The monoisotopic (exact) mass is 370 g/mol. The van der Waals surface area contributed by atoms with Gasteiger partial charge in [0.2, 0.25) is 0 Å². The van der Waals surface area contributed by atoms with Crippen LogP contribution < -0.4 is 11.1 Å². The van der Waals surface area contributed by atoms with E-state index in [1.165, 1.54) is 0 Å². The summed E-state index contributed by atoms with van der Waals surface area (Å²) in [6, 6.07) is 12.0. The van der Waals surface area contributed by atoms with Crippen LogP contribution in [0.4, 0.5) is 11.4 Å². The van der Waals surface area contributed by atoms with Crippen LogP contribution in [-0.2, 0) is 17.6 Å². The van der Waals surface area contributed by atoms with Gasteiger partial charge in [-0.15, -0.1) is 0 Å². The molecule has 1 aromatic carbocycles. The molecule has 3 aromatic rings. The van der Waals surface area contributed by atoms with E-state index in [1.54, 1.807) is 6.20 Å². The SMILES string of the molecule is Cc1ccc(CC(=O)CN)cc1Nc1cc(-c2cccnc2)nc2c1C=CC2. The number of nitrogens with one attached hydrogen (secondary N) is 1. The first kappa shape index (κ1) is 18.1. The fourth-order valence-corrected chi connectivity index (χ4v) is 3.36. The Labute approximate surface area is 164 Å². The summed E-state index contributed by atoms with van der Waals surface area (Å²) in [5, 5.41) is 3.56. The number of nitrogens with zero attached hydrogens (tertiary/aromatic N) is 2. The number of Topliss-reactive ketones (excluding diaryl/α,β-unsaturated/α-hetero) is 1. The van der Waals surface area contributed by atoms with Crippen LogP contribution in [0.25, 0.3) is 17.3 Å². The molecule has 0 radical (unpaired) electrons. The lowest BCUT2D eigenvalue weighted by Gasteiger charge is -2.16. The minimum absolute atomic E-state index is 0.0291. The number of fused-ring (bicyclic) bond motifs is 1. The predicted molar refractivity (Wildman–Crippen MR) is 112 cm³/mol. The van der Waals surface area contributed by atoms with Gasteiger partial charge in [-0.3, -0.25) is 14.8 Å². The van der Waals surface area contributed by atoms with Crippen molar-refractivity contribution < 1.29 is 4.79 Å². The van der Waals surface area contributed by atoms with Gasteiger partial charge in [-0.1, -0.05) is 24.3 Å². The minimum Gasteiger partial charge on any atom is -0.355 e. The Morgan fingerprint density at radius 1 is 1.21 bits per heavy atom. The fourth-order valence-electron chi connectivity index (χ4n) is 3.36. The van der Waals surface area contributed by atoms with E-state index < -0.39 is 0 Å². The minimum atomic E-state index is 0.0291. The summed E-state index contributed by atoms with van der Waals surface area (Å²) in [5.74, 6) is 0.0291. The normalized spacial score (nSPS) is 12.1. The number of carbonyl (C=O) groups is 1. The van der Waals surface area contributed by atoms with Crippen LogP contribution in [0.3, 0.4) is 0 Å². The third kappa shape index (κ3) is 3.70. The van der Waals surface area contributed by atoms with Crippen molar-refractivity contribution in [3.8, 4) is 11.3 Å². The summed E-state index contributed by atoms with van der Waals surface area (Å²) >= 11 is 0. The zero-order chi connectivity index (χ0) is 19.5. The molecule has 5 heteroatoms. The average Bonchev–Trinajstić information content (AvgIpc) is 3.20. The number of aromatic nitrogens is 2. The summed E-state index contributed by atoms with van der Waals surface area (Å²) < 4.78 is 0. The lowest BCUT2D eigenvalue weighted by molar-refractivity contribution is -0.117. The van der Waals surface area contributed by atoms with E-state index in [2.05, 4.69) is 35.4 Å². The number of carbonyl (C=O) groups excluding carboxylic acids is 1. The van der Waals surface area contributed by atoms with E-state index in [1.807, 2.05) is 36.5 Å². The smallest absolute Gasteiger partial charge is 0.150 e. The average molecular weight is 370 g/mol. The van der Waals surface area contributed by atoms with Gasteiger partial charge < -0.3 is 11.1 Å². The zero-order valence-corrected chi connectivity index (χ0v) is 15.8. The van der Waals surface area contributed by atoms with E-state index >= 15 is 0 Å². The van der Waals surface area contributed by atoms with Gasteiger partial charge in [0.1, 0.15) is 0 Å². The number of rotatable bonds is 6. The molecule has 4 rings (SSSR count). The Balaban J connectivity index is 1.72. The van der Waals surface area contributed by atoms with Crippen LogP contribution in [0.1, 0.15) is 22.4 Å². The van der Waals surface area contributed by atoms with Crippen LogP contribution in [0, 0.1) is 6.92 Å². The van der Waals surface area contributed by atoms with Crippen molar-refractivity contribution in [3.05, 3.63) is 77.3 Å². The molecule has 5 nitrogen and oxygen atoms in total. The van der Waals surface area contributed by atoms with Gasteiger partial charge in [-0.25, -0.2) is 0 Å². The predicted octanol–water partition coefficient (Wildman–Crippen LogP) is 3.84. The van der Waals surface area contributed by atoms with E-state index in [9.17, 15) is 4.79 Å². The van der Waals surface area contributed by atoms with E-state index in [-0.39, 0.29) is 12.3 Å². The summed E-state index contributed by atoms with van der Waals surface area (Å²) in [4.78, 5) is 20.7. The van der Waals surface area contributed by atoms with Gasteiger partial charge in [-0.05, 0) is 42.3 Å². The maximum Gasteiger partial charge on any atom is 0.150 e. The van der Waals surface area contributed by atoms with Gasteiger partial charge in [0.15, 0.2) is 5.78 Å². The van der Waals surface area contributed by atoms with Gasteiger partial charge in [0.25, 0.3) is 0 Å². The van der Waals surface area contributed by atoms with Crippen LogP contribution in [-0.4, -0.2) is 22.3 Å². The Bertz CT molecular complexity index is 1060. The Morgan fingerprint density at radius 3 is 2.89 bits per heavy atom. The molecular formula is C23H22N4O. The van der Waals surface area contributed by atoms with Crippen molar-refractivity contribution in [2.24, 2.45) is 5.73 Å². The second-order valence-electron chi connectivity index (χ2n) is 6.96. The highest BCUT2D eigenvalue weighted by Gasteiger charge is 2.16. The van der Waals surface area contributed by atoms with Crippen molar-refractivity contribution in [2.45, 2.75) is 19.8 Å². The molecule has 28 heavy (non-hydrogen) atoms. The maximum atomic E-state index is 11.7. The second-order valence-corrected chi connectivity index (χ2v) is 6.96. The number of hydrogen-bond acceptors (Lipinski definition) is 5. The number of hydrogen-bond donors (Lipinski definition) is 2. The third-order valence-corrected chi connectivity index (χ3v) is 4.89.